The number of fused-ring (bicyclic) bond motifs is 1. The lowest BCUT2D eigenvalue weighted by atomic mass is 9.87. The van der Waals surface area contributed by atoms with Gasteiger partial charge < -0.3 is 24.4 Å². The van der Waals surface area contributed by atoms with E-state index in [-0.39, 0.29) is 29.2 Å². The van der Waals surface area contributed by atoms with Crippen LogP contribution in [-0.2, 0) is 10.2 Å². The molecular formula is C26H24N2O5. The molecule has 2 heterocycles. The van der Waals surface area contributed by atoms with Gasteiger partial charge in [-0.1, -0.05) is 39.0 Å². The van der Waals surface area contributed by atoms with Gasteiger partial charge in [-0.25, -0.2) is 4.79 Å². The molecule has 0 bridgehead atoms. The van der Waals surface area contributed by atoms with Gasteiger partial charge in [0.2, 0.25) is 5.88 Å². The molecular weight excluding hydrogens is 420 g/mol. The van der Waals surface area contributed by atoms with E-state index in [1.165, 1.54) is 11.8 Å². The Labute approximate surface area is 192 Å². The van der Waals surface area contributed by atoms with E-state index in [1.807, 2.05) is 24.3 Å². The van der Waals surface area contributed by atoms with Gasteiger partial charge in [-0.15, -0.1) is 0 Å². The Morgan fingerprint density at radius 3 is 2.48 bits per heavy atom. The van der Waals surface area contributed by atoms with Gasteiger partial charge in [0.05, 0.1) is 12.2 Å². The fourth-order valence-electron chi connectivity index (χ4n) is 3.60. The number of benzene rings is 2. The predicted octanol–water partition coefficient (Wildman–Crippen LogP) is 4.78. The first-order chi connectivity index (χ1) is 15.8. The highest BCUT2D eigenvalue weighted by Gasteiger charge is 2.32. The van der Waals surface area contributed by atoms with Gasteiger partial charge in [0.15, 0.2) is 6.61 Å². The van der Waals surface area contributed by atoms with Crippen LogP contribution in [0, 0.1) is 11.3 Å². The number of carbonyl (C=O) groups excluding carboxylic acids is 1. The molecule has 1 aliphatic rings. The zero-order valence-corrected chi connectivity index (χ0v) is 18.6. The van der Waals surface area contributed by atoms with Crippen molar-refractivity contribution in [3.05, 3.63) is 89.2 Å². The van der Waals surface area contributed by atoms with E-state index < -0.39 is 11.9 Å². The van der Waals surface area contributed by atoms with Crippen LogP contribution in [0.2, 0.25) is 0 Å². The molecule has 33 heavy (non-hydrogen) atoms. The zero-order chi connectivity index (χ0) is 23.6. The van der Waals surface area contributed by atoms with E-state index in [4.69, 9.17) is 24.4 Å². The van der Waals surface area contributed by atoms with Gasteiger partial charge in [-0.3, -0.25) is 0 Å². The first-order valence-electron chi connectivity index (χ1n) is 10.4. The van der Waals surface area contributed by atoms with E-state index in [0.29, 0.717) is 22.8 Å². The molecule has 168 valence electrons. The SMILES string of the molecule is CC(C)(C)c1ccc(OCC(=O)Oc2ccc3c(c2)OC(N)=C(C#N)C3c2ccco2)cc1. The van der Waals surface area contributed by atoms with Crippen molar-refractivity contribution < 1.29 is 23.4 Å². The van der Waals surface area contributed by atoms with Crippen molar-refractivity contribution in [3.63, 3.8) is 0 Å². The summed E-state index contributed by atoms with van der Waals surface area (Å²) in [5.74, 6) is 0.727. The minimum absolute atomic E-state index is 0.0167. The Morgan fingerprint density at radius 2 is 1.85 bits per heavy atom. The maximum Gasteiger partial charge on any atom is 0.349 e. The van der Waals surface area contributed by atoms with Crippen LogP contribution >= 0.6 is 0 Å². The lowest BCUT2D eigenvalue weighted by Gasteiger charge is -2.25. The van der Waals surface area contributed by atoms with Crippen molar-refractivity contribution in [2.45, 2.75) is 32.1 Å². The van der Waals surface area contributed by atoms with Crippen molar-refractivity contribution in [1.29, 1.82) is 5.26 Å². The minimum Gasteiger partial charge on any atom is -0.482 e. The van der Waals surface area contributed by atoms with E-state index in [9.17, 15) is 10.1 Å². The van der Waals surface area contributed by atoms with Gasteiger partial charge in [-0.2, -0.15) is 5.26 Å². The summed E-state index contributed by atoms with van der Waals surface area (Å²) >= 11 is 0. The Morgan fingerprint density at radius 1 is 1.12 bits per heavy atom. The monoisotopic (exact) mass is 444 g/mol. The van der Waals surface area contributed by atoms with E-state index in [2.05, 4.69) is 26.8 Å². The van der Waals surface area contributed by atoms with E-state index in [1.54, 1.807) is 30.3 Å². The van der Waals surface area contributed by atoms with Gasteiger partial charge >= 0.3 is 5.97 Å². The highest BCUT2D eigenvalue weighted by Crippen LogP contribution is 2.43. The van der Waals surface area contributed by atoms with Crippen molar-refractivity contribution in [1.82, 2.24) is 0 Å². The fraction of sp³-hybridized carbons (Fsp3) is 0.231. The first kappa shape index (κ1) is 22.0. The van der Waals surface area contributed by atoms with Gasteiger partial charge in [-0.05, 0) is 41.3 Å². The predicted molar refractivity (Wildman–Crippen MR) is 121 cm³/mol. The normalized spacial score (nSPS) is 15.3. The number of ether oxygens (including phenoxy) is 3. The third-order valence-electron chi connectivity index (χ3n) is 5.33. The molecule has 7 nitrogen and oxygen atoms in total. The molecule has 1 aromatic heterocycles. The zero-order valence-electron chi connectivity index (χ0n) is 18.6. The Balaban J connectivity index is 1.45. The minimum atomic E-state index is -0.561. The molecule has 4 rings (SSSR count). The van der Waals surface area contributed by atoms with Crippen molar-refractivity contribution in [3.8, 4) is 23.3 Å². The number of hydrogen-bond donors (Lipinski definition) is 1. The number of esters is 1. The maximum absolute atomic E-state index is 12.3. The van der Waals surface area contributed by atoms with Crippen LogP contribution in [0.15, 0.2) is 76.7 Å². The lowest BCUT2D eigenvalue weighted by Crippen LogP contribution is -2.21. The number of carbonyl (C=O) groups is 1. The second-order valence-electron chi connectivity index (χ2n) is 8.68. The molecule has 0 radical (unpaired) electrons. The van der Waals surface area contributed by atoms with Crippen LogP contribution in [0.25, 0.3) is 0 Å². The Kier molecular flexibility index (Phi) is 5.84. The highest BCUT2D eigenvalue weighted by atomic mass is 16.6. The van der Waals surface area contributed by atoms with Crippen LogP contribution in [0.3, 0.4) is 0 Å². The number of nitriles is 1. The first-order valence-corrected chi connectivity index (χ1v) is 10.4. The third kappa shape index (κ3) is 4.70. The molecule has 1 atom stereocenters. The van der Waals surface area contributed by atoms with Crippen molar-refractivity contribution in [2.24, 2.45) is 5.73 Å². The second kappa shape index (κ2) is 8.75. The molecule has 2 aromatic carbocycles. The van der Waals surface area contributed by atoms with Crippen LogP contribution in [0.4, 0.5) is 0 Å². The number of allylic oxidation sites excluding steroid dienone is 1. The molecule has 7 heteroatoms. The summed E-state index contributed by atoms with van der Waals surface area (Å²) in [7, 11) is 0. The number of nitrogens with zero attached hydrogens (tertiary/aromatic N) is 1. The van der Waals surface area contributed by atoms with Crippen LogP contribution in [-0.4, -0.2) is 12.6 Å². The largest absolute Gasteiger partial charge is 0.482 e. The number of furan rings is 1. The van der Waals surface area contributed by atoms with Crippen LogP contribution in [0.5, 0.6) is 17.2 Å². The summed E-state index contributed by atoms with van der Waals surface area (Å²) < 4.78 is 22.1. The average Bonchev–Trinajstić information content (AvgIpc) is 3.31. The second-order valence-corrected chi connectivity index (χ2v) is 8.68. The number of hydrogen-bond acceptors (Lipinski definition) is 7. The quantitative estimate of drug-likeness (QED) is 0.446. The third-order valence-corrected chi connectivity index (χ3v) is 5.33. The standard InChI is InChI=1S/C26H24N2O5/c1-26(2,3)16-6-8-17(9-7-16)31-15-23(29)32-18-10-11-19-22(13-18)33-25(28)20(14-27)24(19)21-5-4-12-30-21/h4-13,24H,15,28H2,1-3H3. The molecule has 0 saturated heterocycles. The molecule has 1 aliphatic heterocycles. The van der Waals surface area contributed by atoms with E-state index in [0.717, 1.165) is 0 Å². The molecule has 2 N–H and O–H groups in total. The molecule has 0 saturated carbocycles. The van der Waals surface area contributed by atoms with Crippen LogP contribution in [0.1, 0.15) is 43.6 Å². The topological polar surface area (TPSA) is 108 Å². The maximum atomic E-state index is 12.3. The van der Waals surface area contributed by atoms with E-state index >= 15 is 0 Å². The summed E-state index contributed by atoms with van der Waals surface area (Å²) in [5, 5.41) is 9.54. The van der Waals surface area contributed by atoms with Crippen LogP contribution < -0.4 is 19.9 Å². The summed E-state index contributed by atoms with van der Waals surface area (Å²) in [5.41, 5.74) is 8.12. The summed E-state index contributed by atoms with van der Waals surface area (Å²) in [6.07, 6.45) is 1.53. The molecule has 0 aliphatic carbocycles. The Hall–Kier alpha value is -4.18. The summed E-state index contributed by atoms with van der Waals surface area (Å²) in [6, 6.07) is 18.1. The Bertz CT molecular complexity index is 1230. The summed E-state index contributed by atoms with van der Waals surface area (Å²) in [4.78, 5) is 12.3. The van der Waals surface area contributed by atoms with Crippen molar-refractivity contribution >= 4 is 5.97 Å². The lowest BCUT2D eigenvalue weighted by molar-refractivity contribution is -0.136. The smallest absolute Gasteiger partial charge is 0.349 e. The molecule has 0 amide bonds. The highest BCUT2D eigenvalue weighted by molar-refractivity contribution is 5.74. The van der Waals surface area contributed by atoms with Crippen molar-refractivity contribution in [2.75, 3.05) is 6.61 Å². The molecule has 1 unspecified atom stereocenters. The molecule has 0 spiro atoms. The molecule has 3 aromatic rings. The average molecular weight is 444 g/mol. The van der Waals surface area contributed by atoms with Gasteiger partial charge in [0.25, 0.3) is 0 Å². The fourth-order valence-corrected chi connectivity index (χ4v) is 3.60. The molecule has 0 fully saturated rings. The number of nitrogens with two attached hydrogens (primary N) is 1. The van der Waals surface area contributed by atoms with Gasteiger partial charge in [0, 0.05) is 11.6 Å². The van der Waals surface area contributed by atoms with Gasteiger partial charge in [0.1, 0.15) is 34.7 Å². The summed E-state index contributed by atoms with van der Waals surface area (Å²) in [6.45, 7) is 6.14. The number of rotatable bonds is 5.